The van der Waals surface area contributed by atoms with Crippen molar-refractivity contribution >= 4 is 11.3 Å². The Bertz CT molecular complexity index is 511. The van der Waals surface area contributed by atoms with Crippen molar-refractivity contribution in [1.82, 2.24) is 5.32 Å². The molecule has 1 heterocycles. The lowest BCUT2D eigenvalue weighted by Gasteiger charge is -2.16. The first kappa shape index (κ1) is 14.2. The van der Waals surface area contributed by atoms with Gasteiger partial charge in [-0.05, 0) is 66.4 Å². The lowest BCUT2D eigenvalue weighted by Crippen LogP contribution is -2.28. The number of likely N-dealkylation sites (N-methyl/N-ethyl adjacent to an activating group) is 1. The van der Waals surface area contributed by atoms with Gasteiger partial charge in [0.2, 0.25) is 0 Å². The summed E-state index contributed by atoms with van der Waals surface area (Å²) in [6.07, 6.45) is 2.68. The topological polar surface area (TPSA) is 12.0 Å². The van der Waals surface area contributed by atoms with Gasteiger partial charge in [-0.15, -0.1) is 0 Å². The zero-order chi connectivity index (χ0) is 13.7. The van der Waals surface area contributed by atoms with Gasteiger partial charge < -0.3 is 5.32 Å². The largest absolute Gasteiger partial charge is 0.317 e. The van der Waals surface area contributed by atoms with Crippen molar-refractivity contribution in [3.05, 3.63) is 57.8 Å². The van der Waals surface area contributed by atoms with Crippen LogP contribution >= 0.6 is 11.3 Å². The predicted octanol–water partition coefficient (Wildman–Crippen LogP) is 3.79. The Morgan fingerprint density at radius 3 is 2.63 bits per heavy atom. The summed E-state index contributed by atoms with van der Waals surface area (Å²) >= 11 is 1.69. The van der Waals surface area contributed by atoms with Crippen LogP contribution in [-0.4, -0.2) is 13.1 Å². The smallest absolute Gasteiger partial charge is 0.159 e. The standard InChI is InChI=1S/C15H17F2NS/c1-18-13(4-2-11-6-7-19-10-11)8-12-3-5-14(16)15(17)9-12/h3,5-7,9-10,13,18H,2,4,8H2,1H3. The number of thiophene rings is 1. The Balaban J connectivity index is 1.92. The van der Waals surface area contributed by atoms with E-state index in [2.05, 4.69) is 22.1 Å². The van der Waals surface area contributed by atoms with Crippen LogP contribution in [-0.2, 0) is 12.8 Å². The number of benzene rings is 1. The minimum atomic E-state index is -0.789. The number of aryl methyl sites for hydroxylation is 1. The molecular formula is C15H17F2NS. The fourth-order valence-corrected chi connectivity index (χ4v) is 2.78. The number of rotatable bonds is 6. The molecule has 0 aliphatic heterocycles. The molecule has 1 aromatic carbocycles. The summed E-state index contributed by atoms with van der Waals surface area (Å²) in [4.78, 5) is 0. The van der Waals surface area contributed by atoms with Crippen LogP contribution in [0.25, 0.3) is 0 Å². The van der Waals surface area contributed by atoms with Crippen molar-refractivity contribution in [1.29, 1.82) is 0 Å². The van der Waals surface area contributed by atoms with Gasteiger partial charge in [0, 0.05) is 6.04 Å². The first-order valence-corrected chi connectivity index (χ1v) is 7.25. The quantitative estimate of drug-likeness (QED) is 0.849. The predicted molar refractivity (Wildman–Crippen MR) is 75.5 cm³/mol. The number of hydrogen-bond acceptors (Lipinski definition) is 2. The van der Waals surface area contributed by atoms with Gasteiger partial charge in [0.25, 0.3) is 0 Å². The van der Waals surface area contributed by atoms with Gasteiger partial charge in [-0.3, -0.25) is 0 Å². The van der Waals surface area contributed by atoms with Crippen LogP contribution in [0.15, 0.2) is 35.0 Å². The average Bonchev–Trinajstić information content (AvgIpc) is 2.92. The molecule has 4 heteroatoms. The fraction of sp³-hybridized carbons (Fsp3) is 0.333. The highest BCUT2D eigenvalue weighted by molar-refractivity contribution is 7.07. The molecular weight excluding hydrogens is 264 g/mol. The van der Waals surface area contributed by atoms with Gasteiger partial charge in [-0.25, -0.2) is 8.78 Å². The van der Waals surface area contributed by atoms with Crippen LogP contribution in [0.3, 0.4) is 0 Å². The summed E-state index contributed by atoms with van der Waals surface area (Å²) in [6.45, 7) is 0. The molecule has 0 saturated carbocycles. The number of hydrogen-bond donors (Lipinski definition) is 1. The van der Waals surface area contributed by atoms with Crippen molar-refractivity contribution < 1.29 is 8.78 Å². The van der Waals surface area contributed by atoms with E-state index in [1.807, 2.05) is 7.05 Å². The van der Waals surface area contributed by atoms with Crippen molar-refractivity contribution in [3.63, 3.8) is 0 Å². The molecule has 0 aliphatic carbocycles. The van der Waals surface area contributed by atoms with Crippen LogP contribution in [0.5, 0.6) is 0 Å². The lowest BCUT2D eigenvalue weighted by molar-refractivity contribution is 0.497. The summed E-state index contributed by atoms with van der Waals surface area (Å²) in [5.74, 6) is -1.56. The molecule has 0 amide bonds. The lowest BCUT2D eigenvalue weighted by atomic mass is 10.00. The third kappa shape index (κ3) is 4.11. The van der Waals surface area contributed by atoms with Crippen molar-refractivity contribution in [3.8, 4) is 0 Å². The average molecular weight is 281 g/mol. The molecule has 1 nitrogen and oxygen atoms in total. The third-order valence-electron chi connectivity index (χ3n) is 3.24. The number of nitrogens with one attached hydrogen (secondary N) is 1. The molecule has 0 radical (unpaired) electrons. The van der Waals surface area contributed by atoms with E-state index >= 15 is 0 Å². The van der Waals surface area contributed by atoms with Gasteiger partial charge >= 0.3 is 0 Å². The molecule has 1 aromatic heterocycles. The molecule has 19 heavy (non-hydrogen) atoms. The van der Waals surface area contributed by atoms with Gasteiger partial charge in [0.15, 0.2) is 11.6 Å². The van der Waals surface area contributed by atoms with Crippen LogP contribution in [0.4, 0.5) is 8.78 Å². The molecule has 0 aliphatic rings. The van der Waals surface area contributed by atoms with Crippen LogP contribution in [0.1, 0.15) is 17.5 Å². The van der Waals surface area contributed by atoms with Crippen LogP contribution < -0.4 is 5.32 Å². The second kappa shape index (κ2) is 6.78. The first-order chi connectivity index (χ1) is 9.19. The highest BCUT2D eigenvalue weighted by Crippen LogP contribution is 2.14. The normalized spacial score (nSPS) is 12.6. The third-order valence-corrected chi connectivity index (χ3v) is 3.97. The molecule has 0 spiro atoms. The van der Waals surface area contributed by atoms with Crippen LogP contribution in [0.2, 0.25) is 0 Å². The molecule has 0 bridgehead atoms. The zero-order valence-corrected chi connectivity index (χ0v) is 11.6. The molecule has 0 fully saturated rings. The summed E-state index contributed by atoms with van der Waals surface area (Å²) < 4.78 is 26.0. The van der Waals surface area contributed by atoms with E-state index in [9.17, 15) is 8.78 Å². The van der Waals surface area contributed by atoms with Gasteiger partial charge in [0.05, 0.1) is 0 Å². The van der Waals surface area contributed by atoms with E-state index in [0.29, 0.717) is 6.42 Å². The van der Waals surface area contributed by atoms with E-state index in [1.54, 1.807) is 17.4 Å². The summed E-state index contributed by atoms with van der Waals surface area (Å²) in [5, 5.41) is 7.45. The monoisotopic (exact) mass is 281 g/mol. The summed E-state index contributed by atoms with van der Waals surface area (Å²) in [6, 6.07) is 6.51. The van der Waals surface area contributed by atoms with E-state index in [4.69, 9.17) is 0 Å². The maximum absolute atomic E-state index is 13.1. The maximum Gasteiger partial charge on any atom is 0.159 e. The number of halogens is 2. The SMILES string of the molecule is CNC(CCc1ccsc1)Cc1ccc(F)c(F)c1. The van der Waals surface area contributed by atoms with Crippen LogP contribution in [0, 0.1) is 11.6 Å². The van der Waals surface area contributed by atoms with E-state index in [1.165, 1.54) is 17.7 Å². The zero-order valence-electron chi connectivity index (χ0n) is 10.8. The Hall–Kier alpha value is -1.26. The van der Waals surface area contributed by atoms with Gasteiger partial charge in [-0.2, -0.15) is 11.3 Å². The van der Waals surface area contributed by atoms with Crippen molar-refractivity contribution in [2.24, 2.45) is 0 Å². The Morgan fingerprint density at radius 1 is 1.16 bits per heavy atom. The summed E-state index contributed by atoms with van der Waals surface area (Å²) in [5.41, 5.74) is 2.15. The highest BCUT2D eigenvalue weighted by Gasteiger charge is 2.10. The molecule has 2 rings (SSSR count). The van der Waals surface area contributed by atoms with E-state index in [0.717, 1.165) is 18.4 Å². The fourth-order valence-electron chi connectivity index (χ4n) is 2.08. The highest BCUT2D eigenvalue weighted by atomic mass is 32.1. The Morgan fingerprint density at radius 2 is 2.00 bits per heavy atom. The molecule has 0 saturated heterocycles. The second-order valence-electron chi connectivity index (χ2n) is 4.61. The van der Waals surface area contributed by atoms with Crippen molar-refractivity contribution in [2.45, 2.75) is 25.3 Å². The van der Waals surface area contributed by atoms with Gasteiger partial charge in [-0.1, -0.05) is 6.07 Å². The maximum atomic E-state index is 13.1. The summed E-state index contributed by atoms with van der Waals surface area (Å²) in [7, 11) is 1.90. The molecule has 1 N–H and O–H groups in total. The van der Waals surface area contributed by atoms with E-state index < -0.39 is 11.6 Å². The van der Waals surface area contributed by atoms with Crippen molar-refractivity contribution in [2.75, 3.05) is 7.05 Å². The molecule has 102 valence electrons. The second-order valence-corrected chi connectivity index (χ2v) is 5.39. The first-order valence-electron chi connectivity index (χ1n) is 6.31. The van der Waals surface area contributed by atoms with E-state index in [-0.39, 0.29) is 6.04 Å². The molecule has 1 unspecified atom stereocenters. The molecule has 1 atom stereocenters. The minimum absolute atomic E-state index is 0.268. The van der Waals surface area contributed by atoms with Gasteiger partial charge in [0.1, 0.15) is 0 Å². The Kier molecular flexibility index (Phi) is 5.05. The Labute approximate surface area is 116 Å². The minimum Gasteiger partial charge on any atom is -0.317 e. The molecule has 2 aromatic rings.